The second kappa shape index (κ2) is 8.27. The molecule has 0 spiro atoms. The Balaban J connectivity index is 1.56. The van der Waals surface area contributed by atoms with E-state index in [1.165, 1.54) is 24.4 Å². The lowest BCUT2D eigenvalue weighted by molar-refractivity contribution is 0.0698. The first kappa shape index (κ1) is 19.5. The van der Waals surface area contributed by atoms with Gasteiger partial charge in [0.2, 0.25) is 5.95 Å². The van der Waals surface area contributed by atoms with Crippen LogP contribution in [0.15, 0.2) is 35.5 Å². The van der Waals surface area contributed by atoms with E-state index in [-0.39, 0.29) is 10.9 Å². The molecule has 0 bridgehead atoms. The quantitative estimate of drug-likeness (QED) is 0.277. The summed E-state index contributed by atoms with van der Waals surface area (Å²) in [6.07, 6.45) is 0.807. The van der Waals surface area contributed by atoms with E-state index in [0.29, 0.717) is 54.5 Å². The van der Waals surface area contributed by atoms with Gasteiger partial charge in [-0.15, -0.1) is 0 Å². The van der Waals surface area contributed by atoms with Gasteiger partial charge in [0.15, 0.2) is 11.5 Å². The van der Waals surface area contributed by atoms with Crippen molar-refractivity contribution in [2.75, 3.05) is 31.5 Å². The van der Waals surface area contributed by atoms with E-state index in [4.69, 9.17) is 11.6 Å². The molecule has 152 valence electrons. The number of pyridine rings is 1. The van der Waals surface area contributed by atoms with Crippen LogP contribution in [0.2, 0.25) is 5.02 Å². The van der Waals surface area contributed by atoms with Crippen molar-refractivity contribution < 1.29 is 14.0 Å². The smallest absolute Gasteiger partial charge is 0.202 e. The van der Waals surface area contributed by atoms with Gasteiger partial charge in [0, 0.05) is 37.9 Å². The van der Waals surface area contributed by atoms with Crippen LogP contribution >= 0.6 is 11.6 Å². The van der Waals surface area contributed by atoms with Crippen LogP contribution < -0.4 is 10.8 Å². The fourth-order valence-electron chi connectivity index (χ4n) is 3.04. The second-order valence-electron chi connectivity index (χ2n) is 6.60. The topological polar surface area (TPSA) is 101 Å². The van der Waals surface area contributed by atoms with Crippen molar-refractivity contribution >= 4 is 40.2 Å². The monoisotopic (exact) mass is 421 g/mol. The molecule has 3 aromatic rings. The highest BCUT2D eigenvalue weighted by Gasteiger charge is 2.25. The highest BCUT2D eigenvalue weighted by atomic mass is 35.5. The van der Waals surface area contributed by atoms with Crippen LogP contribution in [-0.2, 0) is 0 Å². The van der Waals surface area contributed by atoms with Gasteiger partial charge in [-0.25, -0.2) is 18.8 Å². The summed E-state index contributed by atoms with van der Waals surface area (Å²) < 4.78 is 26.2. The van der Waals surface area contributed by atoms with Gasteiger partial charge in [-0.2, -0.15) is 4.98 Å². The zero-order valence-electron chi connectivity index (χ0n) is 15.2. The number of nitrogens with one attached hydrogen (secondary N) is 3. The summed E-state index contributed by atoms with van der Waals surface area (Å²) in [5.74, 6) is 0.0594. The predicted molar refractivity (Wildman–Crippen MR) is 106 cm³/mol. The molecule has 1 saturated heterocycles. The number of hydrogen-bond donors (Lipinski definition) is 4. The van der Waals surface area contributed by atoms with E-state index in [2.05, 4.69) is 30.7 Å². The average molecular weight is 422 g/mol. The van der Waals surface area contributed by atoms with Crippen molar-refractivity contribution in [1.29, 1.82) is 0 Å². The minimum absolute atomic E-state index is 0.0716. The maximum Gasteiger partial charge on any atom is 0.202 e. The molecule has 3 heterocycles. The number of fused-ring (bicyclic) bond motifs is 1. The van der Waals surface area contributed by atoms with Gasteiger partial charge in [0.05, 0.1) is 16.2 Å². The number of rotatable bonds is 6. The summed E-state index contributed by atoms with van der Waals surface area (Å²) in [6, 6.07) is 5.64. The van der Waals surface area contributed by atoms with E-state index in [1.807, 2.05) is 4.90 Å². The van der Waals surface area contributed by atoms with Crippen molar-refractivity contribution in [3.8, 4) is 0 Å². The van der Waals surface area contributed by atoms with Gasteiger partial charge < -0.3 is 10.3 Å². The van der Waals surface area contributed by atoms with Crippen LogP contribution in [0.1, 0.15) is 5.56 Å². The minimum atomic E-state index is -0.729. The number of halogens is 3. The first-order valence-corrected chi connectivity index (χ1v) is 9.30. The van der Waals surface area contributed by atoms with E-state index in [9.17, 15) is 14.0 Å². The van der Waals surface area contributed by atoms with Crippen molar-refractivity contribution in [2.24, 2.45) is 4.99 Å². The van der Waals surface area contributed by atoms with Gasteiger partial charge in [-0.3, -0.25) is 15.6 Å². The molecule has 1 aliphatic heterocycles. The molecular formula is C18H18ClF2N7O. The Morgan fingerprint density at radius 3 is 2.93 bits per heavy atom. The third-order valence-corrected chi connectivity index (χ3v) is 4.82. The van der Waals surface area contributed by atoms with Crippen LogP contribution in [0.5, 0.6) is 0 Å². The fraction of sp³-hybridized carbons (Fsp3) is 0.278. The number of alkyl halides is 1. The van der Waals surface area contributed by atoms with Crippen molar-refractivity contribution in [3.63, 3.8) is 0 Å². The minimum Gasteiger partial charge on any atom is -0.354 e. The molecule has 0 saturated carbocycles. The number of aromatic amines is 1. The molecular weight excluding hydrogens is 404 g/mol. The summed E-state index contributed by atoms with van der Waals surface area (Å²) in [6.45, 7) is 2.22. The molecule has 0 radical (unpaired) electrons. The van der Waals surface area contributed by atoms with Gasteiger partial charge in [0.25, 0.3) is 0 Å². The number of amidine groups is 1. The van der Waals surface area contributed by atoms with Gasteiger partial charge >= 0.3 is 0 Å². The lowest BCUT2D eigenvalue weighted by atomic mass is 10.2. The summed E-state index contributed by atoms with van der Waals surface area (Å²) in [5.41, 5.74) is 3.91. The summed E-state index contributed by atoms with van der Waals surface area (Å²) in [5, 5.41) is 12.7. The SMILES string of the molecule is ONC(=Nc1ccc(F)c(Cl)c1)c1ccnc2nc(NCCN3CC(F)C3)[nH]c12. The molecule has 4 N–H and O–H groups in total. The number of H-pyrrole nitrogens is 1. The Kier molecular flexibility index (Phi) is 5.56. The van der Waals surface area contributed by atoms with Crippen LogP contribution in [0, 0.1) is 5.82 Å². The van der Waals surface area contributed by atoms with Crippen molar-refractivity contribution in [3.05, 3.63) is 46.9 Å². The number of benzene rings is 1. The Morgan fingerprint density at radius 2 is 2.21 bits per heavy atom. The first-order valence-electron chi connectivity index (χ1n) is 8.92. The average Bonchev–Trinajstić information content (AvgIpc) is 3.10. The number of imidazole rings is 1. The Hall–Kier alpha value is -2.82. The molecule has 1 aliphatic rings. The summed E-state index contributed by atoms with van der Waals surface area (Å²) in [7, 11) is 0. The van der Waals surface area contributed by atoms with Gasteiger partial charge in [-0.1, -0.05) is 11.6 Å². The van der Waals surface area contributed by atoms with E-state index < -0.39 is 12.0 Å². The Morgan fingerprint density at radius 1 is 1.38 bits per heavy atom. The van der Waals surface area contributed by atoms with E-state index in [0.717, 1.165) is 0 Å². The number of hydrogen-bond acceptors (Lipinski definition) is 6. The van der Waals surface area contributed by atoms with Crippen molar-refractivity contribution in [2.45, 2.75) is 6.17 Å². The van der Waals surface area contributed by atoms with Crippen LogP contribution in [-0.4, -0.2) is 63.2 Å². The number of nitrogens with zero attached hydrogens (tertiary/aromatic N) is 4. The molecule has 2 aromatic heterocycles. The Labute approximate surface area is 169 Å². The number of hydroxylamine groups is 1. The standard InChI is InChI=1S/C18H18ClF2N7O/c19-13-7-11(1-2-14(13)21)24-16(27-29)12-3-4-22-17-15(12)25-18(26-17)23-5-6-28-8-10(20)9-28/h1-4,7,10,29H,5-6,8-9H2,(H,24,27)(H2,22,23,25,26). The predicted octanol–water partition coefficient (Wildman–Crippen LogP) is 2.87. The summed E-state index contributed by atoms with van der Waals surface area (Å²) >= 11 is 5.79. The molecule has 1 aromatic carbocycles. The highest BCUT2D eigenvalue weighted by molar-refractivity contribution is 6.31. The van der Waals surface area contributed by atoms with Crippen LogP contribution in [0.25, 0.3) is 11.2 Å². The van der Waals surface area contributed by atoms with Crippen LogP contribution in [0.4, 0.5) is 20.4 Å². The molecule has 1 fully saturated rings. The zero-order chi connectivity index (χ0) is 20.4. The molecule has 11 heteroatoms. The molecule has 8 nitrogen and oxygen atoms in total. The molecule has 0 amide bonds. The Bertz CT molecular complexity index is 1050. The van der Waals surface area contributed by atoms with Crippen LogP contribution in [0.3, 0.4) is 0 Å². The molecule has 0 unspecified atom stereocenters. The third-order valence-electron chi connectivity index (χ3n) is 4.53. The molecule has 4 rings (SSSR count). The number of anilines is 1. The normalized spacial score (nSPS) is 15.5. The lowest BCUT2D eigenvalue weighted by Crippen LogP contribution is -2.49. The molecule has 29 heavy (non-hydrogen) atoms. The zero-order valence-corrected chi connectivity index (χ0v) is 15.9. The lowest BCUT2D eigenvalue weighted by Gasteiger charge is -2.34. The van der Waals surface area contributed by atoms with Gasteiger partial charge in [-0.05, 0) is 24.3 Å². The fourth-order valence-corrected chi connectivity index (χ4v) is 3.22. The number of likely N-dealkylation sites (tertiary alicyclic amines) is 1. The maximum absolute atomic E-state index is 13.4. The van der Waals surface area contributed by atoms with E-state index in [1.54, 1.807) is 6.07 Å². The third kappa shape index (κ3) is 4.29. The maximum atomic E-state index is 13.4. The van der Waals surface area contributed by atoms with Crippen molar-refractivity contribution in [1.82, 2.24) is 25.3 Å². The summed E-state index contributed by atoms with van der Waals surface area (Å²) in [4.78, 5) is 18.0. The van der Waals surface area contributed by atoms with E-state index >= 15 is 0 Å². The number of aliphatic imine (C=N–C) groups is 1. The second-order valence-corrected chi connectivity index (χ2v) is 7.00. The largest absolute Gasteiger partial charge is 0.354 e. The highest BCUT2D eigenvalue weighted by Crippen LogP contribution is 2.23. The molecule has 0 aliphatic carbocycles. The number of aromatic nitrogens is 3. The molecule has 0 atom stereocenters. The first-order chi connectivity index (χ1) is 14.0. The van der Waals surface area contributed by atoms with Gasteiger partial charge in [0.1, 0.15) is 12.0 Å².